The fourth-order valence-electron chi connectivity index (χ4n) is 1.88. The molecule has 1 heterocycles. The number of carbonyl (C=O) groups excluding carboxylic acids is 1. The van der Waals surface area contributed by atoms with Crippen molar-refractivity contribution < 1.29 is 14.7 Å². The van der Waals surface area contributed by atoms with Crippen molar-refractivity contribution in [2.75, 3.05) is 13.1 Å². The Balaban J connectivity index is 2.56. The van der Waals surface area contributed by atoms with Crippen LogP contribution >= 0.6 is 0 Å². The topological polar surface area (TPSA) is 83.6 Å². The van der Waals surface area contributed by atoms with E-state index in [1.54, 1.807) is 11.8 Å². The molecule has 0 aromatic carbocycles. The quantitative estimate of drug-likeness (QED) is 0.680. The molecule has 0 spiro atoms. The van der Waals surface area contributed by atoms with E-state index in [2.05, 4.69) is 5.92 Å². The number of carboxylic acid groups (broad SMARTS) is 1. The fraction of sp³-hybridized carbons (Fsp3) is 0.667. The van der Waals surface area contributed by atoms with Gasteiger partial charge in [0, 0.05) is 19.5 Å². The lowest BCUT2D eigenvalue weighted by Crippen LogP contribution is -2.50. The highest BCUT2D eigenvalue weighted by Crippen LogP contribution is 2.31. The summed E-state index contributed by atoms with van der Waals surface area (Å²) in [7, 11) is 0. The van der Waals surface area contributed by atoms with E-state index in [4.69, 9.17) is 17.3 Å². The van der Waals surface area contributed by atoms with Gasteiger partial charge in [-0.15, -0.1) is 12.3 Å². The number of nitrogens with two attached hydrogens (primary N) is 1. The SMILES string of the molecule is C#CCC(N)C(=O)N1CCC(C)(C(=O)O)CC1. The van der Waals surface area contributed by atoms with Gasteiger partial charge in [0.2, 0.25) is 5.91 Å². The average Bonchev–Trinajstić information content (AvgIpc) is 2.29. The first kappa shape index (κ1) is 13.5. The Morgan fingerprint density at radius 1 is 1.53 bits per heavy atom. The average molecular weight is 238 g/mol. The molecule has 5 heteroatoms. The fourth-order valence-corrected chi connectivity index (χ4v) is 1.88. The molecule has 1 rings (SSSR count). The largest absolute Gasteiger partial charge is 0.481 e. The number of likely N-dealkylation sites (tertiary alicyclic amines) is 1. The highest BCUT2D eigenvalue weighted by Gasteiger charge is 2.38. The van der Waals surface area contributed by atoms with Crippen molar-refractivity contribution in [1.29, 1.82) is 0 Å². The van der Waals surface area contributed by atoms with Gasteiger partial charge in [0.05, 0.1) is 11.5 Å². The van der Waals surface area contributed by atoms with Crippen LogP contribution in [0.3, 0.4) is 0 Å². The molecule has 17 heavy (non-hydrogen) atoms. The Labute approximate surface area is 101 Å². The van der Waals surface area contributed by atoms with Crippen molar-refractivity contribution in [3.05, 3.63) is 0 Å². The predicted molar refractivity (Wildman–Crippen MR) is 63.0 cm³/mol. The molecule has 1 aliphatic heterocycles. The van der Waals surface area contributed by atoms with Gasteiger partial charge in [0.1, 0.15) is 0 Å². The van der Waals surface area contributed by atoms with Crippen LogP contribution in [0.15, 0.2) is 0 Å². The zero-order chi connectivity index (χ0) is 13.1. The lowest BCUT2D eigenvalue weighted by Gasteiger charge is -2.37. The zero-order valence-electron chi connectivity index (χ0n) is 9.98. The molecule has 94 valence electrons. The molecule has 0 saturated carbocycles. The number of terminal acetylenes is 1. The summed E-state index contributed by atoms with van der Waals surface area (Å²) in [6.07, 6.45) is 6.23. The summed E-state index contributed by atoms with van der Waals surface area (Å²) in [5, 5.41) is 9.06. The number of hydrogen-bond acceptors (Lipinski definition) is 3. The molecule has 0 bridgehead atoms. The summed E-state index contributed by atoms with van der Waals surface area (Å²) in [5.41, 5.74) is 4.91. The first-order valence-electron chi connectivity index (χ1n) is 5.62. The third-order valence-electron chi connectivity index (χ3n) is 3.35. The molecule has 1 unspecified atom stereocenters. The summed E-state index contributed by atoms with van der Waals surface area (Å²) >= 11 is 0. The minimum Gasteiger partial charge on any atom is -0.481 e. The van der Waals surface area contributed by atoms with Crippen LogP contribution in [-0.4, -0.2) is 41.0 Å². The maximum atomic E-state index is 11.8. The Hall–Kier alpha value is -1.54. The monoisotopic (exact) mass is 238 g/mol. The van der Waals surface area contributed by atoms with Crippen molar-refractivity contribution in [2.45, 2.75) is 32.2 Å². The normalized spacial score (nSPS) is 20.4. The lowest BCUT2D eigenvalue weighted by atomic mass is 9.80. The van der Waals surface area contributed by atoms with Crippen LogP contribution in [0, 0.1) is 17.8 Å². The van der Waals surface area contributed by atoms with E-state index < -0.39 is 17.4 Å². The maximum absolute atomic E-state index is 11.8. The summed E-state index contributed by atoms with van der Waals surface area (Å²) < 4.78 is 0. The number of aliphatic carboxylic acids is 1. The summed E-state index contributed by atoms with van der Waals surface area (Å²) in [6.45, 7) is 2.57. The Bertz CT molecular complexity index is 351. The number of carboxylic acids is 1. The molecule has 0 aliphatic carbocycles. The molecule has 1 aliphatic rings. The number of amides is 1. The number of piperidine rings is 1. The minimum absolute atomic E-state index is 0.185. The van der Waals surface area contributed by atoms with Crippen LogP contribution in [0.1, 0.15) is 26.2 Å². The van der Waals surface area contributed by atoms with Crippen molar-refractivity contribution in [2.24, 2.45) is 11.1 Å². The van der Waals surface area contributed by atoms with Crippen LogP contribution in [-0.2, 0) is 9.59 Å². The van der Waals surface area contributed by atoms with Crippen molar-refractivity contribution in [3.8, 4) is 12.3 Å². The van der Waals surface area contributed by atoms with Crippen LogP contribution in [0.5, 0.6) is 0 Å². The molecule has 0 aromatic heterocycles. The van der Waals surface area contributed by atoms with Crippen LogP contribution in [0.4, 0.5) is 0 Å². The molecular weight excluding hydrogens is 220 g/mol. The summed E-state index contributed by atoms with van der Waals surface area (Å²) in [6, 6.07) is -0.672. The van der Waals surface area contributed by atoms with E-state index in [-0.39, 0.29) is 12.3 Å². The second-order valence-electron chi connectivity index (χ2n) is 4.71. The van der Waals surface area contributed by atoms with Crippen LogP contribution < -0.4 is 5.73 Å². The zero-order valence-corrected chi connectivity index (χ0v) is 9.98. The van der Waals surface area contributed by atoms with Gasteiger partial charge < -0.3 is 15.7 Å². The minimum atomic E-state index is -0.808. The van der Waals surface area contributed by atoms with E-state index in [9.17, 15) is 9.59 Å². The van der Waals surface area contributed by atoms with Crippen molar-refractivity contribution in [3.63, 3.8) is 0 Å². The predicted octanol–water partition coefficient (Wildman–Crippen LogP) is 0.0503. The molecule has 1 saturated heterocycles. The second kappa shape index (κ2) is 5.19. The van der Waals surface area contributed by atoms with Crippen LogP contribution in [0.2, 0.25) is 0 Å². The molecule has 0 radical (unpaired) electrons. The van der Waals surface area contributed by atoms with E-state index in [0.29, 0.717) is 25.9 Å². The van der Waals surface area contributed by atoms with E-state index in [1.165, 1.54) is 0 Å². The van der Waals surface area contributed by atoms with Crippen molar-refractivity contribution in [1.82, 2.24) is 4.90 Å². The summed E-state index contributed by atoms with van der Waals surface area (Å²) in [4.78, 5) is 24.5. The number of nitrogens with zero attached hydrogens (tertiary/aromatic N) is 1. The van der Waals surface area contributed by atoms with Crippen molar-refractivity contribution >= 4 is 11.9 Å². The lowest BCUT2D eigenvalue weighted by molar-refractivity contribution is -0.153. The van der Waals surface area contributed by atoms with Gasteiger partial charge in [-0.25, -0.2) is 0 Å². The molecule has 1 fully saturated rings. The van der Waals surface area contributed by atoms with E-state index in [0.717, 1.165) is 0 Å². The number of carbonyl (C=O) groups is 2. The highest BCUT2D eigenvalue weighted by molar-refractivity contribution is 5.82. The summed E-state index contributed by atoms with van der Waals surface area (Å²) in [5.74, 6) is 1.36. The standard InChI is InChI=1S/C12H18N2O3/c1-3-4-9(13)10(15)14-7-5-12(2,6-8-14)11(16)17/h1,9H,4-8,13H2,2H3,(H,16,17). The third kappa shape index (κ3) is 2.98. The third-order valence-corrected chi connectivity index (χ3v) is 3.35. The molecule has 3 N–H and O–H groups in total. The number of hydrogen-bond donors (Lipinski definition) is 2. The number of rotatable bonds is 3. The first-order valence-corrected chi connectivity index (χ1v) is 5.62. The Morgan fingerprint density at radius 3 is 2.47 bits per heavy atom. The van der Waals surface area contributed by atoms with Gasteiger partial charge in [-0.2, -0.15) is 0 Å². The smallest absolute Gasteiger partial charge is 0.309 e. The molecule has 0 aromatic rings. The van der Waals surface area contributed by atoms with E-state index >= 15 is 0 Å². The van der Waals surface area contributed by atoms with Gasteiger partial charge >= 0.3 is 5.97 Å². The molecule has 5 nitrogen and oxygen atoms in total. The highest BCUT2D eigenvalue weighted by atomic mass is 16.4. The molecule has 1 atom stereocenters. The van der Waals surface area contributed by atoms with Gasteiger partial charge in [-0.3, -0.25) is 9.59 Å². The molecular formula is C12H18N2O3. The Morgan fingerprint density at radius 2 is 2.06 bits per heavy atom. The van der Waals surface area contributed by atoms with Gasteiger partial charge in [-0.05, 0) is 19.8 Å². The Kier molecular flexibility index (Phi) is 4.13. The van der Waals surface area contributed by atoms with Crippen LogP contribution in [0.25, 0.3) is 0 Å². The van der Waals surface area contributed by atoms with Gasteiger partial charge in [0.15, 0.2) is 0 Å². The van der Waals surface area contributed by atoms with Gasteiger partial charge in [0.25, 0.3) is 0 Å². The maximum Gasteiger partial charge on any atom is 0.309 e. The first-order chi connectivity index (χ1) is 7.90. The second-order valence-corrected chi connectivity index (χ2v) is 4.71. The van der Waals surface area contributed by atoms with E-state index in [1.807, 2.05) is 0 Å². The van der Waals surface area contributed by atoms with Gasteiger partial charge in [-0.1, -0.05) is 0 Å². The molecule has 1 amide bonds.